The third kappa shape index (κ3) is 3.23. The van der Waals surface area contributed by atoms with Crippen molar-refractivity contribution in [3.63, 3.8) is 0 Å². The minimum Gasteiger partial charge on any atom is -0.385 e. The number of hydrogen-bond acceptors (Lipinski definition) is 4. The summed E-state index contributed by atoms with van der Waals surface area (Å²) in [5, 5.41) is 5.87. The zero-order chi connectivity index (χ0) is 15.2. The van der Waals surface area contributed by atoms with Crippen LogP contribution in [0.3, 0.4) is 0 Å². The summed E-state index contributed by atoms with van der Waals surface area (Å²) in [6, 6.07) is 10.5. The number of hydrogen-bond donors (Lipinski definition) is 2. The van der Waals surface area contributed by atoms with Crippen LogP contribution < -0.4 is 11.1 Å². The standard InChI is InChI=1S/C18H20N4/c19-6-1-2-7-22-18-12-15(14-3-8-20-9-4-14)11-16-13-21-10-5-17(16)18/h3-5,8-13,22H,1-2,6-7,19H2. The van der Waals surface area contributed by atoms with Gasteiger partial charge in [-0.15, -0.1) is 0 Å². The summed E-state index contributed by atoms with van der Waals surface area (Å²) < 4.78 is 0. The van der Waals surface area contributed by atoms with Gasteiger partial charge in [0.05, 0.1) is 0 Å². The van der Waals surface area contributed by atoms with Gasteiger partial charge in [0.1, 0.15) is 0 Å². The molecule has 0 amide bonds. The molecule has 0 saturated carbocycles. The van der Waals surface area contributed by atoms with Crippen molar-refractivity contribution in [3.05, 3.63) is 55.1 Å². The van der Waals surface area contributed by atoms with Gasteiger partial charge in [0.25, 0.3) is 0 Å². The normalized spacial score (nSPS) is 10.8. The van der Waals surface area contributed by atoms with Crippen molar-refractivity contribution in [2.45, 2.75) is 12.8 Å². The first-order valence-electron chi connectivity index (χ1n) is 7.60. The van der Waals surface area contributed by atoms with Crippen LogP contribution in [-0.4, -0.2) is 23.1 Å². The molecule has 0 aliphatic carbocycles. The van der Waals surface area contributed by atoms with Gasteiger partial charge in [0.15, 0.2) is 0 Å². The summed E-state index contributed by atoms with van der Waals surface area (Å²) in [6.45, 7) is 1.66. The number of unbranched alkanes of at least 4 members (excludes halogenated alkanes) is 1. The maximum absolute atomic E-state index is 5.56. The molecule has 0 radical (unpaired) electrons. The van der Waals surface area contributed by atoms with Crippen molar-refractivity contribution in [1.82, 2.24) is 9.97 Å². The van der Waals surface area contributed by atoms with E-state index in [1.807, 2.05) is 36.9 Å². The Bertz CT molecular complexity index is 740. The highest BCUT2D eigenvalue weighted by Gasteiger charge is 2.06. The van der Waals surface area contributed by atoms with E-state index in [0.29, 0.717) is 0 Å². The molecule has 22 heavy (non-hydrogen) atoms. The molecular weight excluding hydrogens is 272 g/mol. The second kappa shape index (κ2) is 7.00. The van der Waals surface area contributed by atoms with E-state index in [1.165, 1.54) is 10.9 Å². The fraction of sp³-hybridized carbons (Fsp3) is 0.222. The number of aromatic nitrogens is 2. The molecule has 2 heterocycles. The molecule has 3 aromatic rings. The summed E-state index contributed by atoms with van der Waals surface area (Å²) >= 11 is 0. The Kier molecular flexibility index (Phi) is 4.61. The third-order valence-corrected chi connectivity index (χ3v) is 3.71. The van der Waals surface area contributed by atoms with Crippen LogP contribution in [0.15, 0.2) is 55.1 Å². The lowest BCUT2D eigenvalue weighted by molar-refractivity contribution is 0.774. The molecule has 0 bridgehead atoms. The number of nitrogens with one attached hydrogen (secondary N) is 1. The monoisotopic (exact) mass is 292 g/mol. The molecule has 1 aromatic carbocycles. The molecule has 0 aliphatic rings. The Hall–Kier alpha value is -2.46. The Morgan fingerprint density at radius 2 is 1.73 bits per heavy atom. The highest BCUT2D eigenvalue weighted by Crippen LogP contribution is 2.30. The second-order valence-electron chi connectivity index (χ2n) is 5.28. The van der Waals surface area contributed by atoms with E-state index < -0.39 is 0 Å². The van der Waals surface area contributed by atoms with Gasteiger partial charge in [-0.1, -0.05) is 0 Å². The molecule has 0 aliphatic heterocycles. The summed E-state index contributed by atoms with van der Waals surface area (Å²) in [5.74, 6) is 0. The van der Waals surface area contributed by atoms with E-state index in [0.717, 1.165) is 42.6 Å². The van der Waals surface area contributed by atoms with Crippen molar-refractivity contribution in [2.24, 2.45) is 5.73 Å². The zero-order valence-electron chi connectivity index (χ0n) is 12.5. The summed E-state index contributed by atoms with van der Waals surface area (Å²) in [7, 11) is 0. The Balaban J connectivity index is 1.97. The molecule has 3 N–H and O–H groups in total. The Morgan fingerprint density at radius 3 is 2.55 bits per heavy atom. The van der Waals surface area contributed by atoms with E-state index in [2.05, 4.69) is 33.5 Å². The van der Waals surface area contributed by atoms with Crippen LogP contribution >= 0.6 is 0 Å². The van der Waals surface area contributed by atoms with E-state index in [1.54, 1.807) is 0 Å². The Labute approximate surface area is 130 Å². The zero-order valence-corrected chi connectivity index (χ0v) is 12.5. The average Bonchev–Trinajstić information content (AvgIpc) is 2.59. The quantitative estimate of drug-likeness (QED) is 0.683. The van der Waals surface area contributed by atoms with E-state index in [9.17, 15) is 0 Å². The van der Waals surface area contributed by atoms with Gasteiger partial charge < -0.3 is 11.1 Å². The predicted octanol–water partition coefficient (Wildman–Crippen LogP) is 3.45. The lowest BCUT2D eigenvalue weighted by atomic mass is 10.0. The van der Waals surface area contributed by atoms with Crippen molar-refractivity contribution < 1.29 is 0 Å². The van der Waals surface area contributed by atoms with Crippen LogP contribution in [0.5, 0.6) is 0 Å². The van der Waals surface area contributed by atoms with E-state index in [-0.39, 0.29) is 0 Å². The smallest absolute Gasteiger partial charge is 0.0427 e. The van der Waals surface area contributed by atoms with E-state index in [4.69, 9.17) is 5.73 Å². The molecule has 3 rings (SSSR count). The highest BCUT2D eigenvalue weighted by atomic mass is 14.9. The minimum absolute atomic E-state index is 0.739. The van der Waals surface area contributed by atoms with Crippen LogP contribution in [0.4, 0.5) is 5.69 Å². The minimum atomic E-state index is 0.739. The van der Waals surface area contributed by atoms with Crippen molar-refractivity contribution in [3.8, 4) is 11.1 Å². The molecule has 0 fully saturated rings. The van der Waals surface area contributed by atoms with Gasteiger partial charge in [-0.05, 0) is 60.8 Å². The Morgan fingerprint density at radius 1 is 0.909 bits per heavy atom. The predicted molar refractivity (Wildman–Crippen MR) is 91.8 cm³/mol. The molecule has 0 atom stereocenters. The summed E-state index contributed by atoms with van der Waals surface area (Å²) in [5.41, 5.74) is 9.03. The molecule has 4 heteroatoms. The molecule has 112 valence electrons. The average molecular weight is 292 g/mol. The number of rotatable bonds is 6. The first-order chi connectivity index (χ1) is 10.9. The van der Waals surface area contributed by atoms with Gasteiger partial charge in [0, 0.05) is 47.8 Å². The maximum Gasteiger partial charge on any atom is 0.0427 e. The number of benzene rings is 1. The largest absolute Gasteiger partial charge is 0.385 e. The van der Waals surface area contributed by atoms with Gasteiger partial charge in [-0.2, -0.15) is 0 Å². The number of nitrogens with zero attached hydrogens (tertiary/aromatic N) is 2. The second-order valence-corrected chi connectivity index (χ2v) is 5.28. The number of fused-ring (bicyclic) bond motifs is 1. The maximum atomic E-state index is 5.56. The molecule has 0 saturated heterocycles. The fourth-order valence-electron chi connectivity index (χ4n) is 2.56. The first kappa shape index (κ1) is 14.5. The van der Waals surface area contributed by atoms with Crippen molar-refractivity contribution in [2.75, 3.05) is 18.4 Å². The fourth-order valence-corrected chi connectivity index (χ4v) is 2.56. The summed E-state index contributed by atoms with van der Waals surface area (Å²) in [4.78, 5) is 8.33. The van der Waals surface area contributed by atoms with Crippen LogP contribution in [-0.2, 0) is 0 Å². The first-order valence-corrected chi connectivity index (χ1v) is 7.60. The SMILES string of the molecule is NCCCCNc1cc(-c2ccncc2)cc2cnccc12. The molecule has 0 unspecified atom stereocenters. The molecule has 2 aromatic heterocycles. The lowest BCUT2D eigenvalue weighted by Crippen LogP contribution is -2.06. The van der Waals surface area contributed by atoms with Crippen molar-refractivity contribution >= 4 is 16.5 Å². The van der Waals surface area contributed by atoms with Crippen LogP contribution in [0.25, 0.3) is 21.9 Å². The third-order valence-electron chi connectivity index (χ3n) is 3.71. The van der Waals surface area contributed by atoms with Crippen LogP contribution in [0, 0.1) is 0 Å². The number of anilines is 1. The topological polar surface area (TPSA) is 63.8 Å². The van der Waals surface area contributed by atoms with Crippen molar-refractivity contribution in [1.29, 1.82) is 0 Å². The molecule has 0 spiro atoms. The summed E-state index contributed by atoms with van der Waals surface area (Å²) in [6.07, 6.45) is 9.48. The van der Waals surface area contributed by atoms with Crippen LogP contribution in [0.2, 0.25) is 0 Å². The number of pyridine rings is 2. The van der Waals surface area contributed by atoms with Gasteiger partial charge in [-0.25, -0.2) is 0 Å². The van der Waals surface area contributed by atoms with E-state index >= 15 is 0 Å². The molecular formula is C18H20N4. The van der Waals surface area contributed by atoms with Gasteiger partial charge in [-0.3, -0.25) is 9.97 Å². The van der Waals surface area contributed by atoms with Gasteiger partial charge in [0.2, 0.25) is 0 Å². The molecule has 4 nitrogen and oxygen atoms in total. The van der Waals surface area contributed by atoms with Gasteiger partial charge >= 0.3 is 0 Å². The highest BCUT2D eigenvalue weighted by molar-refractivity contribution is 5.97. The number of nitrogens with two attached hydrogens (primary N) is 1. The lowest BCUT2D eigenvalue weighted by Gasteiger charge is -2.12. The van der Waals surface area contributed by atoms with Crippen LogP contribution in [0.1, 0.15) is 12.8 Å².